The van der Waals surface area contributed by atoms with Gasteiger partial charge in [-0.3, -0.25) is 0 Å². The standard InChI is InChI=1S/C26H28N8O2/c1-16(2)34-15-29-20-11-28-23(10-21(20)34)30-22-8-9-27-25(31-22)33-12-18-19(13-33)24(18)32-26(35)36-14-17-6-4-3-5-7-17/h3-11,15-16,18-19,24H,12-14H2,1-2H3,(H,32,35)(H,27,28,30,31)/t18-,19+,24?. The zero-order valence-corrected chi connectivity index (χ0v) is 20.2. The number of fused-ring (bicyclic) bond motifs is 2. The summed E-state index contributed by atoms with van der Waals surface area (Å²) in [5, 5.41) is 6.31. The molecular weight excluding hydrogens is 456 g/mol. The van der Waals surface area contributed by atoms with Crippen LogP contribution in [0.15, 0.2) is 61.2 Å². The Hall–Kier alpha value is -4.21. The van der Waals surface area contributed by atoms with Crippen molar-refractivity contribution in [2.45, 2.75) is 32.5 Å². The molecule has 1 aliphatic heterocycles. The van der Waals surface area contributed by atoms with E-state index in [9.17, 15) is 4.79 Å². The first kappa shape index (κ1) is 22.3. The lowest BCUT2D eigenvalue weighted by molar-refractivity contribution is 0.138. The van der Waals surface area contributed by atoms with Crippen molar-refractivity contribution in [2.24, 2.45) is 11.8 Å². The lowest BCUT2D eigenvalue weighted by Gasteiger charge is -2.20. The lowest BCUT2D eigenvalue weighted by atomic mass is 10.2. The first-order chi connectivity index (χ1) is 17.5. The van der Waals surface area contributed by atoms with Crippen LogP contribution in [0.3, 0.4) is 0 Å². The molecule has 0 radical (unpaired) electrons. The molecule has 10 nitrogen and oxygen atoms in total. The van der Waals surface area contributed by atoms with E-state index < -0.39 is 0 Å². The third-order valence-corrected chi connectivity index (χ3v) is 6.89. The predicted octanol–water partition coefficient (Wildman–Crippen LogP) is 3.91. The molecule has 0 bridgehead atoms. The molecular formula is C26H28N8O2. The van der Waals surface area contributed by atoms with Crippen LogP contribution in [-0.4, -0.2) is 49.7 Å². The molecule has 1 unspecified atom stereocenters. The molecule has 1 amide bonds. The maximum atomic E-state index is 12.2. The summed E-state index contributed by atoms with van der Waals surface area (Å²) in [5.74, 6) is 2.83. The van der Waals surface area contributed by atoms with Crippen LogP contribution in [0.1, 0.15) is 25.5 Å². The van der Waals surface area contributed by atoms with Gasteiger partial charge in [0.1, 0.15) is 23.8 Å². The molecule has 36 heavy (non-hydrogen) atoms. The van der Waals surface area contributed by atoms with Gasteiger partial charge in [0.2, 0.25) is 5.95 Å². The van der Waals surface area contributed by atoms with E-state index in [1.807, 2.05) is 48.8 Å². The van der Waals surface area contributed by atoms with Crippen LogP contribution in [0.2, 0.25) is 0 Å². The van der Waals surface area contributed by atoms with Crippen molar-refractivity contribution in [3.8, 4) is 0 Å². The van der Waals surface area contributed by atoms with Crippen molar-refractivity contribution < 1.29 is 9.53 Å². The molecule has 184 valence electrons. The Labute approximate surface area is 208 Å². The van der Waals surface area contributed by atoms with Gasteiger partial charge in [0.05, 0.1) is 18.0 Å². The fourth-order valence-electron chi connectivity index (χ4n) is 4.92. The van der Waals surface area contributed by atoms with Crippen molar-refractivity contribution in [2.75, 3.05) is 23.3 Å². The molecule has 6 rings (SSSR count). The molecule has 1 aliphatic carbocycles. The van der Waals surface area contributed by atoms with Crippen molar-refractivity contribution in [3.63, 3.8) is 0 Å². The zero-order chi connectivity index (χ0) is 24.6. The molecule has 4 aromatic rings. The monoisotopic (exact) mass is 484 g/mol. The normalized spacial score (nSPS) is 20.4. The summed E-state index contributed by atoms with van der Waals surface area (Å²) < 4.78 is 7.48. The van der Waals surface area contributed by atoms with Crippen LogP contribution in [0, 0.1) is 11.8 Å². The molecule has 2 N–H and O–H groups in total. The Morgan fingerprint density at radius 2 is 1.89 bits per heavy atom. The molecule has 1 saturated heterocycles. The van der Waals surface area contributed by atoms with Crippen molar-refractivity contribution >= 4 is 34.7 Å². The average molecular weight is 485 g/mol. The molecule has 3 atom stereocenters. The number of hydrogen-bond acceptors (Lipinski definition) is 8. The lowest BCUT2D eigenvalue weighted by Crippen LogP contribution is -2.35. The Bertz CT molecular complexity index is 1380. The number of aromatic nitrogens is 5. The molecule has 0 spiro atoms. The first-order valence-corrected chi connectivity index (χ1v) is 12.2. The number of rotatable bonds is 7. The van der Waals surface area contributed by atoms with E-state index in [-0.39, 0.29) is 18.7 Å². The number of imidazole rings is 1. The number of anilines is 3. The zero-order valence-electron chi connectivity index (χ0n) is 20.2. The number of hydrogen-bond donors (Lipinski definition) is 2. The Morgan fingerprint density at radius 1 is 1.08 bits per heavy atom. The highest BCUT2D eigenvalue weighted by molar-refractivity contribution is 5.78. The quantitative estimate of drug-likeness (QED) is 0.406. The van der Waals surface area contributed by atoms with Crippen LogP contribution in [0.5, 0.6) is 0 Å². The maximum absolute atomic E-state index is 12.2. The van der Waals surface area contributed by atoms with Crippen molar-refractivity contribution in [3.05, 3.63) is 66.7 Å². The topological polar surface area (TPSA) is 110 Å². The van der Waals surface area contributed by atoms with Crippen LogP contribution in [0.4, 0.5) is 22.4 Å². The van der Waals surface area contributed by atoms with Gasteiger partial charge in [-0.15, -0.1) is 0 Å². The van der Waals surface area contributed by atoms with Crippen LogP contribution in [0.25, 0.3) is 11.0 Å². The highest BCUT2D eigenvalue weighted by Crippen LogP contribution is 2.46. The number of pyridine rings is 1. The van der Waals surface area contributed by atoms with E-state index in [0.29, 0.717) is 35.5 Å². The van der Waals surface area contributed by atoms with Crippen molar-refractivity contribution in [1.82, 2.24) is 29.8 Å². The van der Waals surface area contributed by atoms with Crippen LogP contribution >= 0.6 is 0 Å². The fraction of sp³-hybridized carbons (Fsp3) is 0.346. The molecule has 4 heterocycles. The van der Waals surface area contributed by atoms with Gasteiger partial charge in [-0.05, 0) is 25.5 Å². The van der Waals surface area contributed by atoms with E-state index in [2.05, 4.69) is 48.9 Å². The highest BCUT2D eigenvalue weighted by atomic mass is 16.5. The SMILES string of the molecule is CC(C)n1cnc2cnc(Nc3ccnc(N4C[C@@H]5C(NC(=O)OCc6ccccc6)[C@@H]5C4)n3)cc21. The van der Waals surface area contributed by atoms with Crippen LogP contribution in [-0.2, 0) is 11.3 Å². The third-order valence-electron chi connectivity index (χ3n) is 6.89. The van der Waals surface area contributed by atoms with E-state index in [1.165, 1.54) is 0 Å². The number of piperidine rings is 1. The number of nitrogens with zero attached hydrogens (tertiary/aromatic N) is 6. The maximum Gasteiger partial charge on any atom is 0.407 e. The predicted molar refractivity (Wildman–Crippen MR) is 136 cm³/mol. The number of carbonyl (C=O) groups is 1. The van der Waals surface area contributed by atoms with E-state index in [0.717, 1.165) is 29.7 Å². The van der Waals surface area contributed by atoms with Gasteiger partial charge in [-0.2, -0.15) is 4.98 Å². The van der Waals surface area contributed by atoms with Gasteiger partial charge >= 0.3 is 6.09 Å². The van der Waals surface area contributed by atoms with Gasteiger partial charge in [0.15, 0.2) is 0 Å². The molecule has 2 aliphatic rings. The first-order valence-electron chi connectivity index (χ1n) is 12.2. The fourth-order valence-corrected chi connectivity index (χ4v) is 4.92. The highest BCUT2D eigenvalue weighted by Gasteiger charge is 2.57. The average Bonchev–Trinajstić information content (AvgIpc) is 3.23. The molecule has 1 aromatic carbocycles. The summed E-state index contributed by atoms with van der Waals surface area (Å²) in [5.41, 5.74) is 2.86. The van der Waals surface area contributed by atoms with Crippen LogP contribution < -0.4 is 15.5 Å². The second kappa shape index (κ2) is 9.10. The van der Waals surface area contributed by atoms with E-state index >= 15 is 0 Å². The summed E-state index contributed by atoms with van der Waals surface area (Å²) in [7, 11) is 0. The smallest absolute Gasteiger partial charge is 0.407 e. The molecule has 2 fully saturated rings. The summed E-state index contributed by atoms with van der Waals surface area (Å²) >= 11 is 0. The number of alkyl carbamates (subject to hydrolysis) is 1. The molecule has 3 aromatic heterocycles. The number of carbonyl (C=O) groups excluding carboxylic acids is 1. The summed E-state index contributed by atoms with van der Waals surface area (Å²) in [6.07, 6.45) is 5.00. The summed E-state index contributed by atoms with van der Waals surface area (Å²) in [6, 6.07) is 14.0. The minimum atomic E-state index is -0.365. The van der Waals surface area contributed by atoms with Gasteiger partial charge in [-0.25, -0.2) is 19.7 Å². The minimum absolute atomic E-state index is 0.146. The Kier molecular flexibility index (Phi) is 5.63. The van der Waals surface area contributed by atoms with Gasteiger partial charge in [0, 0.05) is 49.3 Å². The van der Waals surface area contributed by atoms with E-state index in [1.54, 1.807) is 12.4 Å². The summed E-state index contributed by atoms with van der Waals surface area (Å²) in [6.45, 7) is 6.13. The number of benzene rings is 1. The third kappa shape index (κ3) is 4.41. The largest absolute Gasteiger partial charge is 0.445 e. The van der Waals surface area contributed by atoms with Crippen molar-refractivity contribution in [1.29, 1.82) is 0 Å². The van der Waals surface area contributed by atoms with E-state index in [4.69, 9.17) is 9.72 Å². The molecule has 1 saturated carbocycles. The number of nitrogens with one attached hydrogen (secondary N) is 2. The number of ether oxygens (including phenoxy) is 1. The van der Waals surface area contributed by atoms with Gasteiger partial charge in [-0.1, -0.05) is 30.3 Å². The Balaban J connectivity index is 1.04. The second-order valence-corrected chi connectivity index (χ2v) is 9.64. The van der Waals surface area contributed by atoms with Gasteiger partial charge < -0.3 is 24.8 Å². The summed E-state index contributed by atoms with van der Waals surface area (Å²) in [4.78, 5) is 32.4. The molecule has 10 heteroatoms. The number of amides is 1. The minimum Gasteiger partial charge on any atom is -0.445 e. The second-order valence-electron chi connectivity index (χ2n) is 9.64. The van der Waals surface area contributed by atoms with Gasteiger partial charge in [0.25, 0.3) is 0 Å². The Morgan fingerprint density at radius 3 is 2.67 bits per heavy atom.